The van der Waals surface area contributed by atoms with Crippen LogP contribution in [0.3, 0.4) is 0 Å². The molecule has 1 aliphatic heterocycles. The van der Waals surface area contributed by atoms with Crippen LogP contribution in [0.1, 0.15) is 16.2 Å². The average molecular weight is 362 g/mol. The Morgan fingerprint density at radius 1 is 1.07 bits per heavy atom. The van der Waals surface area contributed by atoms with E-state index in [1.165, 1.54) is 0 Å². The maximum atomic E-state index is 12.8. The van der Waals surface area contributed by atoms with Crippen LogP contribution in [-0.2, 0) is 6.54 Å². The van der Waals surface area contributed by atoms with Gasteiger partial charge in [-0.2, -0.15) is 0 Å². The predicted molar refractivity (Wildman–Crippen MR) is 104 cm³/mol. The summed E-state index contributed by atoms with van der Waals surface area (Å²) in [6.07, 6.45) is 1.82. The van der Waals surface area contributed by atoms with Gasteiger partial charge < -0.3 is 9.64 Å². The van der Waals surface area contributed by atoms with Crippen LogP contribution in [0.15, 0.2) is 54.7 Å². The fourth-order valence-electron chi connectivity index (χ4n) is 3.34. The summed E-state index contributed by atoms with van der Waals surface area (Å²) in [5.41, 5.74) is 2.35. The molecule has 0 spiro atoms. The van der Waals surface area contributed by atoms with Crippen LogP contribution in [0.2, 0.25) is 0 Å². The molecule has 0 bridgehead atoms. The van der Waals surface area contributed by atoms with Crippen molar-refractivity contribution in [3.63, 3.8) is 0 Å². The lowest BCUT2D eigenvalue weighted by molar-refractivity contribution is 0.0621. The quantitative estimate of drug-likeness (QED) is 0.714. The number of pyridine rings is 2. The summed E-state index contributed by atoms with van der Waals surface area (Å²) >= 11 is 0. The highest BCUT2D eigenvalue weighted by Crippen LogP contribution is 2.20. The van der Waals surface area contributed by atoms with E-state index in [1.807, 2.05) is 53.6 Å². The number of aromatic nitrogens is 2. The molecule has 6 nitrogen and oxygen atoms in total. The predicted octanol–water partition coefficient (Wildman–Crippen LogP) is 2.60. The molecular weight excluding hydrogens is 340 g/mol. The third-order valence-corrected chi connectivity index (χ3v) is 4.89. The number of piperazine rings is 1. The Bertz CT molecular complexity index is 937. The summed E-state index contributed by atoms with van der Waals surface area (Å²) in [6, 6.07) is 15.4. The monoisotopic (exact) mass is 362 g/mol. The van der Waals surface area contributed by atoms with Crippen molar-refractivity contribution in [3.05, 3.63) is 66.1 Å². The van der Waals surface area contributed by atoms with Crippen molar-refractivity contribution in [3.8, 4) is 5.75 Å². The van der Waals surface area contributed by atoms with E-state index in [-0.39, 0.29) is 5.91 Å². The van der Waals surface area contributed by atoms with E-state index in [9.17, 15) is 4.79 Å². The van der Waals surface area contributed by atoms with Gasteiger partial charge in [-0.25, -0.2) is 4.98 Å². The van der Waals surface area contributed by atoms with Crippen molar-refractivity contribution in [1.29, 1.82) is 0 Å². The van der Waals surface area contributed by atoms with Crippen molar-refractivity contribution in [2.75, 3.05) is 33.3 Å². The number of rotatable bonds is 4. The molecule has 1 amide bonds. The van der Waals surface area contributed by atoms with Gasteiger partial charge in [0.05, 0.1) is 18.3 Å². The molecule has 3 heterocycles. The first-order valence-corrected chi connectivity index (χ1v) is 9.09. The van der Waals surface area contributed by atoms with Gasteiger partial charge in [0.1, 0.15) is 11.4 Å². The molecule has 1 aromatic carbocycles. The Balaban J connectivity index is 1.41. The zero-order chi connectivity index (χ0) is 18.6. The summed E-state index contributed by atoms with van der Waals surface area (Å²) in [5, 5.41) is 0.964. The molecule has 138 valence electrons. The van der Waals surface area contributed by atoms with Crippen LogP contribution in [0.25, 0.3) is 10.9 Å². The molecule has 4 rings (SSSR count). The van der Waals surface area contributed by atoms with E-state index in [2.05, 4.69) is 14.9 Å². The maximum Gasteiger partial charge on any atom is 0.272 e. The molecule has 2 aromatic heterocycles. The van der Waals surface area contributed by atoms with E-state index in [0.29, 0.717) is 18.8 Å². The summed E-state index contributed by atoms with van der Waals surface area (Å²) in [6.45, 7) is 3.90. The van der Waals surface area contributed by atoms with E-state index >= 15 is 0 Å². The number of nitrogens with zero attached hydrogens (tertiary/aromatic N) is 4. The molecule has 27 heavy (non-hydrogen) atoms. The van der Waals surface area contributed by atoms with Gasteiger partial charge in [-0.1, -0.05) is 12.1 Å². The van der Waals surface area contributed by atoms with Gasteiger partial charge in [0.25, 0.3) is 5.91 Å². The second-order valence-corrected chi connectivity index (χ2v) is 6.64. The first-order chi connectivity index (χ1) is 13.2. The molecule has 1 fully saturated rings. The highest BCUT2D eigenvalue weighted by Gasteiger charge is 2.23. The summed E-state index contributed by atoms with van der Waals surface area (Å²) < 4.78 is 5.24. The van der Waals surface area contributed by atoms with E-state index in [0.717, 1.165) is 42.0 Å². The SMILES string of the molecule is COc1ccc2nc(C(=O)N3CCN(Cc4ccccn4)CC3)ccc2c1. The number of benzene rings is 1. The highest BCUT2D eigenvalue weighted by molar-refractivity contribution is 5.95. The van der Waals surface area contributed by atoms with Crippen molar-refractivity contribution in [1.82, 2.24) is 19.8 Å². The topological polar surface area (TPSA) is 58.6 Å². The summed E-state index contributed by atoms with van der Waals surface area (Å²) in [5.74, 6) is 0.776. The largest absolute Gasteiger partial charge is 0.497 e. The van der Waals surface area contributed by atoms with Gasteiger partial charge in [-0.3, -0.25) is 14.7 Å². The van der Waals surface area contributed by atoms with Gasteiger partial charge in [0.15, 0.2) is 0 Å². The number of methoxy groups -OCH3 is 1. The molecule has 0 aliphatic carbocycles. The third-order valence-electron chi connectivity index (χ3n) is 4.89. The molecule has 0 atom stereocenters. The second-order valence-electron chi connectivity index (χ2n) is 6.64. The minimum atomic E-state index is -0.00907. The number of hydrogen-bond donors (Lipinski definition) is 0. The number of amides is 1. The average Bonchev–Trinajstić information content (AvgIpc) is 2.74. The standard InChI is InChI=1S/C21H22N4O2/c1-27-18-6-8-19-16(14-18)5-7-20(23-19)21(26)25-12-10-24(11-13-25)15-17-4-2-3-9-22-17/h2-9,14H,10-13,15H2,1H3. The summed E-state index contributed by atoms with van der Waals surface area (Å²) in [7, 11) is 1.64. The highest BCUT2D eigenvalue weighted by atomic mass is 16.5. The van der Waals surface area contributed by atoms with Crippen LogP contribution >= 0.6 is 0 Å². The lowest BCUT2D eigenvalue weighted by atomic mass is 10.1. The Morgan fingerprint density at radius 2 is 1.93 bits per heavy atom. The van der Waals surface area contributed by atoms with E-state index in [4.69, 9.17) is 4.74 Å². The van der Waals surface area contributed by atoms with Crippen molar-refractivity contribution in [2.24, 2.45) is 0 Å². The molecule has 3 aromatic rings. The van der Waals surface area contributed by atoms with Crippen LogP contribution < -0.4 is 4.74 Å². The number of carbonyl (C=O) groups is 1. The smallest absolute Gasteiger partial charge is 0.272 e. The van der Waals surface area contributed by atoms with Gasteiger partial charge in [0, 0.05) is 44.3 Å². The molecule has 1 aliphatic rings. The van der Waals surface area contributed by atoms with E-state index in [1.54, 1.807) is 13.2 Å². The van der Waals surface area contributed by atoms with Crippen LogP contribution in [0.5, 0.6) is 5.75 Å². The van der Waals surface area contributed by atoms with Gasteiger partial charge in [-0.05, 0) is 36.4 Å². The molecule has 6 heteroatoms. The zero-order valence-electron chi connectivity index (χ0n) is 15.3. The molecule has 0 N–H and O–H groups in total. The molecule has 0 saturated carbocycles. The van der Waals surface area contributed by atoms with Gasteiger partial charge in [0.2, 0.25) is 0 Å². The molecular formula is C21H22N4O2. The number of carbonyl (C=O) groups excluding carboxylic acids is 1. The fraction of sp³-hybridized carbons (Fsp3) is 0.286. The minimum absolute atomic E-state index is 0.00907. The Kier molecular flexibility index (Phi) is 4.98. The minimum Gasteiger partial charge on any atom is -0.497 e. The van der Waals surface area contributed by atoms with Crippen LogP contribution in [0.4, 0.5) is 0 Å². The number of fused-ring (bicyclic) bond motifs is 1. The third kappa shape index (κ3) is 3.90. The normalized spacial score (nSPS) is 15.1. The van der Waals surface area contributed by atoms with Gasteiger partial charge in [-0.15, -0.1) is 0 Å². The lowest BCUT2D eigenvalue weighted by Crippen LogP contribution is -2.48. The number of ether oxygens (including phenoxy) is 1. The lowest BCUT2D eigenvalue weighted by Gasteiger charge is -2.34. The van der Waals surface area contributed by atoms with Crippen LogP contribution in [-0.4, -0.2) is 59.0 Å². The maximum absolute atomic E-state index is 12.8. The Labute approximate surface area is 158 Å². The van der Waals surface area contributed by atoms with Crippen molar-refractivity contribution >= 4 is 16.8 Å². The molecule has 0 radical (unpaired) electrons. The zero-order valence-corrected chi connectivity index (χ0v) is 15.3. The Morgan fingerprint density at radius 3 is 2.67 bits per heavy atom. The van der Waals surface area contributed by atoms with Crippen molar-refractivity contribution in [2.45, 2.75) is 6.54 Å². The van der Waals surface area contributed by atoms with Crippen LogP contribution in [0, 0.1) is 0 Å². The molecule has 1 saturated heterocycles. The number of hydrogen-bond acceptors (Lipinski definition) is 5. The van der Waals surface area contributed by atoms with E-state index < -0.39 is 0 Å². The van der Waals surface area contributed by atoms with Crippen molar-refractivity contribution < 1.29 is 9.53 Å². The fourth-order valence-corrected chi connectivity index (χ4v) is 3.34. The van der Waals surface area contributed by atoms with Gasteiger partial charge >= 0.3 is 0 Å². The molecule has 0 unspecified atom stereocenters. The summed E-state index contributed by atoms with van der Waals surface area (Å²) in [4.78, 5) is 26.0. The first-order valence-electron chi connectivity index (χ1n) is 9.09. The Hall–Kier alpha value is -2.99. The second kappa shape index (κ2) is 7.72. The first kappa shape index (κ1) is 17.4.